The van der Waals surface area contributed by atoms with Gasteiger partial charge in [0.1, 0.15) is 12.7 Å². The summed E-state index contributed by atoms with van der Waals surface area (Å²) in [5.41, 5.74) is 6.21. The minimum Gasteiger partial charge on any atom is -0.473 e. The van der Waals surface area contributed by atoms with Gasteiger partial charge in [-0.1, -0.05) is 42.5 Å². The Labute approximate surface area is 277 Å². The molecule has 1 atom stereocenters. The van der Waals surface area contributed by atoms with Gasteiger partial charge >= 0.3 is 6.01 Å². The van der Waals surface area contributed by atoms with E-state index in [2.05, 4.69) is 40.6 Å². The molecule has 0 radical (unpaired) electrons. The molecule has 6 aromatic rings. The Morgan fingerprint density at radius 3 is 2.77 bits per heavy atom. The second kappa shape index (κ2) is 13.5. The van der Waals surface area contributed by atoms with Crippen LogP contribution in [0.2, 0.25) is 0 Å². The van der Waals surface area contributed by atoms with Crippen molar-refractivity contribution in [2.45, 2.75) is 33.0 Å². The quantitative estimate of drug-likeness (QED) is 0.172. The first kappa shape index (κ1) is 30.8. The Bertz CT molecular complexity index is 2040. The lowest BCUT2D eigenvalue weighted by Crippen LogP contribution is -2.33. The number of ether oxygens (including phenoxy) is 2. The molecule has 0 bridgehead atoms. The monoisotopic (exact) mass is 644 g/mol. The third-order valence-corrected chi connectivity index (χ3v) is 8.27. The van der Waals surface area contributed by atoms with Crippen molar-refractivity contribution in [2.75, 3.05) is 30.3 Å². The van der Waals surface area contributed by atoms with Crippen LogP contribution in [0, 0.1) is 13.8 Å². The number of nitrogens with one attached hydrogen (secondary N) is 3. The standard InChI is InChI=1S/C35H36N10O3/c1-22-17-38-34(40-29-16-23(2)44(3)43-29)42-32(22)27-18-37-33-26(27)10-7-11-28(33)39-30(46)20-45-15-13-25(19-45)48-31-12-14-36-35(41-31)47-21-24-8-5-4-6-9-24/h4-12,14,16-18,25,37H,13,15,19-21H2,1-3H3,(H,39,46)(H,38,40,42,43)/t25-/m0/s1. The number of aromatic nitrogens is 7. The van der Waals surface area contributed by atoms with E-state index in [4.69, 9.17) is 14.5 Å². The second-order valence-electron chi connectivity index (χ2n) is 11.8. The molecule has 244 valence electrons. The summed E-state index contributed by atoms with van der Waals surface area (Å²) in [4.78, 5) is 36.5. The highest BCUT2D eigenvalue weighted by molar-refractivity contribution is 6.06. The minimum absolute atomic E-state index is 0.0961. The van der Waals surface area contributed by atoms with E-state index in [9.17, 15) is 4.79 Å². The summed E-state index contributed by atoms with van der Waals surface area (Å²) in [6.07, 6.45) is 6.02. The SMILES string of the molecule is Cc1cnc(Nc2cc(C)n(C)n2)nc1-c1c[nH]c2c(NC(=O)CN3CC[C@H](Oc4ccnc(OCc5ccccc5)n4)C3)cccc12. The number of nitrogens with zero attached hydrogens (tertiary/aromatic N) is 7. The van der Waals surface area contributed by atoms with E-state index in [1.807, 2.05) is 81.7 Å². The predicted molar refractivity (Wildman–Crippen MR) is 182 cm³/mol. The minimum atomic E-state index is -0.103. The molecule has 5 heterocycles. The zero-order valence-corrected chi connectivity index (χ0v) is 27.0. The second-order valence-corrected chi connectivity index (χ2v) is 11.8. The molecule has 1 amide bonds. The summed E-state index contributed by atoms with van der Waals surface area (Å²) in [6, 6.07) is 19.6. The number of amides is 1. The molecule has 48 heavy (non-hydrogen) atoms. The number of rotatable bonds is 11. The molecule has 0 aliphatic carbocycles. The third kappa shape index (κ3) is 6.95. The van der Waals surface area contributed by atoms with Crippen LogP contribution in [0.4, 0.5) is 17.5 Å². The Balaban J connectivity index is 0.967. The van der Waals surface area contributed by atoms with Crippen molar-refractivity contribution in [3.8, 4) is 23.1 Å². The van der Waals surface area contributed by atoms with E-state index in [1.165, 1.54) is 0 Å². The number of aromatic amines is 1. The zero-order chi connectivity index (χ0) is 33.0. The van der Waals surface area contributed by atoms with Crippen molar-refractivity contribution < 1.29 is 14.3 Å². The van der Waals surface area contributed by atoms with E-state index in [0.717, 1.165) is 51.9 Å². The molecule has 1 aliphatic rings. The normalized spacial score (nSPS) is 14.7. The van der Waals surface area contributed by atoms with E-state index in [1.54, 1.807) is 23.1 Å². The molecule has 7 rings (SSSR count). The van der Waals surface area contributed by atoms with Crippen LogP contribution in [-0.4, -0.2) is 71.2 Å². The molecule has 13 nitrogen and oxygen atoms in total. The van der Waals surface area contributed by atoms with Crippen LogP contribution in [0.1, 0.15) is 23.2 Å². The van der Waals surface area contributed by atoms with Crippen LogP contribution >= 0.6 is 0 Å². The van der Waals surface area contributed by atoms with Crippen molar-refractivity contribution in [2.24, 2.45) is 7.05 Å². The van der Waals surface area contributed by atoms with E-state index < -0.39 is 0 Å². The first-order valence-electron chi connectivity index (χ1n) is 15.8. The van der Waals surface area contributed by atoms with E-state index in [0.29, 0.717) is 36.5 Å². The molecule has 0 spiro atoms. The highest BCUT2D eigenvalue weighted by Crippen LogP contribution is 2.33. The van der Waals surface area contributed by atoms with Crippen LogP contribution in [0.25, 0.3) is 22.2 Å². The first-order valence-corrected chi connectivity index (χ1v) is 15.8. The van der Waals surface area contributed by atoms with Gasteiger partial charge in [0.05, 0.1) is 23.4 Å². The molecule has 0 unspecified atom stereocenters. The maximum atomic E-state index is 13.2. The highest BCUT2D eigenvalue weighted by Gasteiger charge is 2.26. The molecule has 1 fully saturated rings. The van der Waals surface area contributed by atoms with Gasteiger partial charge in [0, 0.05) is 67.5 Å². The van der Waals surface area contributed by atoms with Crippen molar-refractivity contribution in [3.63, 3.8) is 0 Å². The number of aryl methyl sites for hydroxylation is 3. The average Bonchev–Trinajstić information content (AvgIpc) is 3.80. The van der Waals surface area contributed by atoms with Gasteiger partial charge in [0.15, 0.2) is 5.82 Å². The number of likely N-dealkylation sites (tertiary alicyclic amines) is 1. The summed E-state index contributed by atoms with van der Waals surface area (Å²) in [7, 11) is 1.89. The van der Waals surface area contributed by atoms with Gasteiger partial charge in [0.25, 0.3) is 0 Å². The molecular weight excluding hydrogens is 608 g/mol. The number of fused-ring (bicyclic) bond motifs is 1. The van der Waals surface area contributed by atoms with Crippen LogP contribution in [0.3, 0.4) is 0 Å². The Kier molecular flexibility index (Phi) is 8.67. The van der Waals surface area contributed by atoms with Gasteiger partial charge < -0.3 is 25.1 Å². The molecular formula is C35H36N10O3. The zero-order valence-electron chi connectivity index (χ0n) is 27.0. The number of hydrogen-bond acceptors (Lipinski definition) is 10. The number of carbonyl (C=O) groups excluding carboxylic acids is 1. The van der Waals surface area contributed by atoms with Gasteiger partial charge in [0.2, 0.25) is 17.7 Å². The van der Waals surface area contributed by atoms with Crippen LogP contribution < -0.4 is 20.1 Å². The van der Waals surface area contributed by atoms with Gasteiger partial charge in [-0.05, 0) is 37.5 Å². The van der Waals surface area contributed by atoms with Gasteiger partial charge in [-0.3, -0.25) is 14.4 Å². The lowest BCUT2D eigenvalue weighted by atomic mass is 10.1. The van der Waals surface area contributed by atoms with Crippen LogP contribution in [0.15, 0.2) is 79.3 Å². The fourth-order valence-corrected chi connectivity index (χ4v) is 5.75. The Morgan fingerprint density at radius 1 is 1.06 bits per heavy atom. The number of hydrogen-bond donors (Lipinski definition) is 3. The van der Waals surface area contributed by atoms with Gasteiger partial charge in [-0.2, -0.15) is 10.1 Å². The summed E-state index contributed by atoms with van der Waals surface area (Å²) in [6.45, 7) is 5.92. The van der Waals surface area contributed by atoms with Crippen LogP contribution in [-0.2, 0) is 18.4 Å². The van der Waals surface area contributed by atoms with E-state index >= 15 is 0 Å². The molecule has 4 aromatic heterocycles. The molecule has 0 saturated carbocycles. The summed E-state index contributed by atoms with van der Waals surface area (Å²) >= 11 is 0. The van der Waals surface area contributed by atoms with Crippen molar-refractivity contribution in [1.82, 2.24) is 39.6 Å². The largest absolute Gasteiger partial charge is 0.473 e. The fourth-order valence-electron chi connectivity index (χ4n) is 5.75. The number of para-hydroxylation sites is 1. The van der Waals surface area contributed by atoms with E-state index in [-0.39, 0.29) is 24.6 Å². The molecule has 2 aromatic carbocycles. The topological polar surface area (TPSA) is 148 Å². The highest BCUT2D eigenvalue weighted by atomic mass is 16.5. The number of carbonyl (C=O) groups is 1. The predicted octanol–water partition coefficient (Wildman–Crippen LogP) is 5.18. The van der Waals surface area contributed by atoms with Crippen molar-refractivity contribution >= 4 is 34.3 Å². The summed E-state index contributed by atoms with van der Waals surface area (Å²) < 4.78 is 13.7. The lowest BCUT2D eigenvalue weighted by Gasteiger charge is -2.16. The van der Waals surface area contributed by atoms with Crippen LogP contribution in [0.5, 0.6) is 11.9 Å². The molecule has 13 heteroatoms. The van der Waals surface area contributed by atoms with Crippen molar-refractivity contribution in [1.29, 1.82) is 0 Å². The van der Waals surface area contributed by atoms with Gasteiger partial charge in [-0.25, -0.2) is 15.0 Å². The Morgan fingerprint density at radius 2 is 1.94 bits per heavy atom. The maximum absolute atomic E-state index is 13.2. The smallest absolute Gasteiger partial charge is 0.320 e. The lowest BCUT2D eigenvalue weighted by molar-refractivity contribution is -0.117. The first-order chi connectivity index (χ1) is 23.4. The average molecular weight is 645 g/mol. The third-order valence-electron chi connectivity index (χ3n) is 8.27. The molecule has 1 saturated heterocycles. The fraction of sp³-hybridized carbons (Fsp3) is 0.257. The summed E-state index contributed by atoms with van der Waals surface area (Å²) in [5, 5.41) is 11.7. The van der Waals surface area contributed by atoms with Gasteiger partial charge in [-0.15, -0.1) is 0 Å². The van der Waals surface area contributed by atoms with Crippen molar-refractivity contribution in [3.05, 3.63) is 96.1 Å². The Hall–Kier alpha value is -5.82. The summed E-state index contributed by atoms with van der Waals surface area (Å²) in [5.74, 6) is 1.48. The number of anilines is 3. The number of benzene rings is 2. The molecule has 3 N–H and O–H groups in total. The maximum Gasteiger partial charge on any atom is 0.320 e. The molecule has 1 aliphatic heterocycles. The number of H-pyrrole nitrogens is 1.